The molecule has 0 unspecified atom stereocenters. The van der Waals surface area contributed by atoms with E-state index in [1.165, 1.54) is 18.3 Å². The zero-order chi connectivity index (χ0) is 14.8. The molecule has 0 bridgehead atoms. The summed E-state index contributed by atoms with van der Waals surface area (Å²) >= 11 is 6.25. The van der Waals surface area contributed by atoms with Gasteiger partial charge < -0.3 is 9.47 Å². The number of hydrogen-bond acceptors (Lipinski definition) is 3. The quantitative estimate of drug-likeness (QED) is 0.685. The molecule has 0 fully saturated rings. The summed E-state index contributed by atoms with van der Waals surface area (Å²) in [6.07, 6.45) is -3.20. The van der Waals surface area contributed by atoms with Gasteiger partial charge >= 0.3 is 6.36 Å². The van der Waals surface area contributed by atoms with Crippen LogP contribution in [0.3, 0.4) is 0 Å². The first-order valence-electron chi connectivity index (χ1n) is 5.19. The van der Waals surface area contributed by atoms with Crippen molar-refractivity contribution in [2.75, 3.05) is 0 Å². The summed E-state index contributed by atoms with van der Waals surface area (Å²) in [5, 5.41) is 0. The minimum Gasteiger partial charge on any atom is -0.438 e. The van der Waals surface area contributed by atoms with Gasteiger partial charge in [-0.15, -0.1) is 13.2 Å². The van der Waals surface area contributed by atoms with Crippen molar-refractivity contribution in [1.29, 1.82) is 0 Å². The Morgan fingerprint density at radius 3 is 2.40 bits per heavy atom. The van der Waals surface area contributed by atoms with E-state index >= 15 is 0 Å². The van der Waals surface area contributed by atoms with Crippen LogP contribution in [0.5, 0.6) is 17.4 Å². The predicted molar refractivity (Wildman–Crippen MR) is 72.8 cm³/mol. The summed E-state index contributed by atoms with van der Waals surface area (Å²) in [7, 11) is 0. The van der Waals surface area contributed by atoms with Crippen LogP contribution in [0.4, 0.5) is 13.2 Å². The van der Waals surface area contributed by atoms with Crippen molar-refractivity contribution in [3.63, 3.8) is 0 Å². The molecule has 0 aliphatic carbocycles. The van der Waals surface area contributed by atoms with Crippen molar-refractivity contribution in [2.45, 2.75) is 6.36 Å². The predicted octanol–water partition coefficient (Wildman–Crippen LogP) is 5.30. The maximum atomic E-state index is 12.1. The van der Waals surface area contributed by atoms with Crippen molar-refractivity contribution in [1.82, 2.24) is 4.98 Å². The maximum Gasteiger partial charge on any atom is 0.573 e. The highest BCUT2D eigenvalue weighted by molar-refractivity contribution is 9.10. The molecule has 0 amide bonds. The van der Waals surface area contributed by atoms with Gasteiger partial charge in [0.2, 0.25) is 5.88 Å². The van der Waals surface area contributed by atoms with Crippen molar-refractivity contribution >= 4 is 31.9 Å². The van der Waals surface area contributed by atoms with E-state index in [0.29, 0.717) is 16.1 Å². The molecule has 0 saturated heterocycles. The Kier molecular flexibility index (Phi) is 4.54. The first kappa shape index (κ1) is 15.1. The summed E-state index contributed by atoms with van der Waals surface area (Å²) in [6.45, 7) is 0. The highest BCUT2D eigenvalue weighted by Gasteiger charge is 2.32. The fraction of sp³-hybridized carbons (Fsp3) is 0.0833. The van der Waals surface area contributed by atoms with Crippen molar-refractivity contribution in [3.05, 3.63) is 45.5 Å². The number of benzene rings is 1. The van der Waals surface area contributed by atoms with E-state index in [0.717, 1.165) is 6.07 Å². The van der Waals surface area contributed by atoms with Gasteiger partial charge in [-0.1, -0.05) is 0 Å². The van der Waals surface area contributed by atoms with Gasteiger partial charge in [-0.25, -0.2) is 4.98 Å². The van der Waals surface area contributed by atoms with Crippen molar-refractivity contribution < 1.29 is 22.6 Å². The largest absolute Gasteiger partial charge is 0.573 e. The van der Waals surface area contributed by atoms with E-state index in [9.17, 15) is 13.2 Å². The molecule has 0 aliphatic heterocycles. The molecule has 2 rings (SSSR count). The van der Waals surface area contributed by atoms with E-state index in [1.807, 2.05) is 0 Å². The van der Waals surface area contributed by atoms with Gasteiger partial charge in [-0.2, -0.15) is 0 Å². The summed E-state index contributed by atoms with van der Waals surface area (Å²) in [4.78, 5) is 3.99. The van der Waals surface area contributed by atoms with Crippen molar-refractivity contribution in [3.8, 4) is 17.4 Å². The van der Waals surface area contributed by atoms with Crippen LogP contribution in [0.15, 0.2) is 45.5 Å². The Balaban J connectivity index is 2.19. The molecule has 0 atom stereocenters. The van der Waals surface area contributed by atoms with Gasteiger partial charge in [0.05, 0.1) is 8.95 Å². The van der Waals surface area contributed by atoms with Crippen LogP contribution in [0.25, 0.3) is 0 Å². The first-order valence-corrected chi connectivity index (χ1v) is 6.77. The van der Waals surface area contributed by atoms with E-state index in [-0.39, 0.29) is 10.2 Å². The van der Waals surface area contributed by atoms with Crippen LogP contribution in [0.2, 0.25) is 0 Å². The molecule has 3 nitrogen and oxygen atoms in total. The van der Waals surface area contributed by atoms with Gasteiger partial charge in [0.25, 0.3) is 0 Å². The van der Waals surface area contributed by atoms with E-state index in [2.05, 4.69) is 41.6 Å². The summed E-state index contributed by atoms with van der Waals surface area (Å²) < 4.78 is 46.4. The molecule has 0 saturated carbocycles. The summed E-state index contributed by atoms with van der Waals surface area (Å²) in [5.74, 6) is 0.291. The smallest absolute Gasteiger partial charge is 0.438 e. The molecular weight excluding hydrogens is 407 g/mol. The third kappa shape index (κ3) is 4.11. The normalized spacial score (nSPS) is 11.2. The molecule has 1 aromatic carbocycles. The molecule has 1 heterocycles. The van der Waals surface area contributed by atoms with Crippen LogP contribution >= 0.6 is 31.9 Å². The molecule has 106 valence electrons. The second kappa shape index (κ2) is 6.01. The lowest BCUT2D eigenvalue weighted by molar-refractivity contribution is -0.274. The second-order valence-electron chi connectivity index (χ2n) is 3.53. The van der Waals surface area contributed by atoms with Crippen LogP contribution in [-0.2, 0) is 0 Å². The van der Waals surface area contributed by atoms with Gasteiger partial charge in [-0.05, 0) is 62.2 Å². The molecule has 0 aliphatic rings. The summed E-state index contributed by atoms with van der Waals surface area (Å²) in [6, 6.07) is 7.32. The Bertz CT molecular complexity index is 620. The molecular formula is C12H6Br2F3NO2. The Labute approximate surface area is 129 Å². The Morgan fingerprint density at radius 1 is 1.05 bits per heavy atom. The lowest BCUT2D eigenvalue weighted by Gasteiger charge is -2.12. The standard InChI is InChI=1S/C12H6Br2F3NO2/c13-8-2-1-5-18-11(8)19-7-3-4-10(9(14)6-7)20-12(15,16)17/h1-6H. The fourth-order valence-electron chi connectivity index (χ4n) is 1.31. The SMILES string of the molecule is FC(F)(F)Oc1ccc(Oc2ncccc2Br)cc1Br. The number of halogens is 5. The molecule has 0 N–H and O–H groups in total. The molecule has 0 spiro atoms. The summed E-state index contributed by atoms with van der Waals surface area (Å²) in [5.41, 5.74) is 0. The molecule has 8 heteroatoms. The lowest BCUT2D eigenvalue weighted by atomic mass is 10.3. The highest BCUT2D eigenvalue weighted by atomic mass is 79.9. The Hall–Kier alpha value is -1.28. The minimum atomic E-state index is -4.74. The number of nitrogens with zero attached hydrogens (tertiary/aromatic N) is 1. The van der Waals surface area contributed by atoms with E-state index in [4.69, 9.17) is 4.74 Å². The molecule has 0 radical (unpaired) electrons. The number of hydrogen-bond donors (Lipinski definition) is 0. The second-order valence-corrected chi connectivity index (χ2v) is 5.24. The zero-order valence-corrected chi connectivity index (χ0v) is 12.8. The van der Waals surface area contributed by atoms with Crippen molar-refractivity contribution in [2.24, 2.45) is 0 Å². The van der Waals surface area contributed by atoms with Crippen LogP contribution < -0.4 is 9.47 Å². The van der Waals surface area contributed by atoms with Crippen LogP contribution in [0, 0.1) is 0 Å². The molecule has 20 heavy (non-hydrogen) atoms. The van der Waals surface area contributed by atoms with Gasteiger partial charge in [0.15, 0.2) is 0 Å². The molecule has 1 aromatic heterocycles. The number of rotatable bonds is 3. The number of alkyl halides is 3. The minimum absolute atomic E-state index is 0.124. The van der Waals surface area contributed by atoms with Gasteiger partial charge in [0.1, 0.15) is 11.5 Å². The van der Waals surface area contributed by atoms with Gasteiger partial charge in [-0.3, -0.25) is 0 Å². The monoisotopic (exact) mass is 411 g/mol. The number of pyridine rings is 1. The third-order valence-corrected chi connectivity index (χ3v) is 3.29. The number of aromatic nitrogens is 1. The zero-order valence-electron chi connectivity index (χ0n) is 9.62. The number of ether oxygens (including phenoxy) is 2. The lowest BCUT2D eigenvalue weighted by Crippen LogP contribution is -2.17. The Morgan fingerprint density at radius 2 is 1.80 bits per heavy atom. The van der Waals surface area contributed by atoms with E-state index < -0.39 is 6.36 Å². The average Bonchev–Trinajstić information content (AvgIpc) is 2.34. The fourth-order valence-corrected chi connectivity index (χ4v) is 2.09. The van der Waals surface area contributed by atoms with Gasteiger partial charge in [0, 0.05) is 6.20 Å². The third-order valence-electron chi connectivity index (χ3n) is 2.07. The van der Waals surface area contributed by atoms with Crippen LogP contribution in [0.1, 0.15) is 0 Å². The highest BCUT2D eigenvalue weighted by Crippen LogP contribution is 2.35. The maximum absolute atomic E-state index is 12.1. The van der Waals surface area contributed by atoms with E-state index in [1.54, 1.807) is 12.1 Å². The topological polar surface area (TPSA) is 31.4 Å². The average molecular weight is 413 g/mol. The molecule has 2 aromatic rings. The first-order chi connectivity index (χ1) is 9.35. The van der Waals surface area contributed by atoms with Crippen LogP contribution in [-0.4, -0.2) is 11.3 Å².